The molecule has 16 heavy (non-hydrogen) atoms. The van der Waals surface area contributed by atoms with E-state index in [1.165, 1.54) is 0 Å². The van der Waals surface area contributed by atoms with E-state index in [0.717, 1.165) is 11.1 Å². The summed E-state index contributed by atoms with van der Waals surface area (Å²) in [6.07, 6.45) is 5.28. The average Bonchev–Trinajstić information content (AvgIpc) is 2.89. The summed E-state index contributed by atoms with van der Waals surface area (Å²) in [5.74, 6) is 0.416. The highest BCUT2D eigenvalue weighted by Gasteiger charge is 2.37. The lowest BCUT2D eigenvalue weighted by atomic mass is 10.0. The van der Waals surface area contributed by atoms with Gasteiger partial charge in [-0.25, -0.2) is 4.98 Å². The lowest BCUT2D eigenvalue weighted by Crippen LogP contribution is -2.16. The number of hydrogen-bond donors (Lipinski definition) is 0. The molecule has 3 heteroatoms. The van der Waals surface area contributed by atoms with Gasteiger partial charge >= 0.3 is 0 Å². The van der Waals surface area contributed by atoms with E-state index in [0.29, 0.717) is 0 Å². The second-order valence-corrected chi connectivity index (χ2v) is 4.19. The zero-order chi connectivity index (χ0) is 11.1. The molecule has 2 atom stereocenters. The summed E-state index contributed by atoms with van der Waals surface area (Å²) < 4.78 is 1.90. The minimum Gasteiger partial charge on any atom is -0.326 e. The van der Waals surface area contributed by atoms with E-state index >= 15 is 0 Å². The van der Waals surface area contributed by atoms with Crippen molar-refractivity contribution in [3.05, 3.63) is 54.1 Å². The number of aromatic nitrogens is 2. The summed E-state index contributed by atoms with van der Waals surface area (Å²) in [4.78, 5) is 16.3. The standard InChI is InChI=1S/C13H12N2O/c1-9-10-4-2-3-5-11(10)13(16)12(9)15-7-6-14-8-15/h2-9,12H,1H3/t9-,12+/m0/s1. The van der Waals surface area contributed by atoms with Gasteiger partial charge in [0.2, 0.25) is 0 Å². The van der Waals surface area contributed by atoms with Crippen molar-refractivity contribution in [2.45, 2.75) is 18.9 Å². The van der Waals surface area contributed by atoms with Crippen LogP contribution in [-0.4, -0.2) is 15.3 Å². The van der Waals surface area contributed by atoms with Gasteiger partial charge in [-0.05, 0) is 5.56 Å². The van der Waals surface area contributed by atoms with Crippen LogP contribution in [0.4, 0.5) is 0 Å². The topological polar surface area (TPSA) is 34.9 Å². The Balaban J connectivity index is 2.11. The number of carbonyl (C=O) groups excluding carboxylic acids is 1. The third-order valence-electron chi connectivity index (χ3n) is 3.31. The van der Waals surface area contributed by atoms with Crippen molar-refractivity contribution in [1.82, 2.24) is 9.55 Å². The number of fused-ring (bicyclic) bond motifs is 1. The summed E-state index contributed by atoms with van der Waals surface area (Å²) in [5, 5.41) is 0. The Kier molecular flexibility index (Phi) is 1.93. The molecule has 0 saturated heterocycles. The molecule has 0 bridgehead atoms. The highest BCUT2D eigenvalue weighted by atomic mass is 16.1. The van der Waals surface area contributed by atoms with E-state index in [2.05, 4.69) is 11.9 Å². The number of Topliss-reactive ketones (excluding diaryl/α,β-unsaturated/α-hetero) is 1. The SMILES string of the molecule is C[C@H]1c2ccccc2C(=O)[C@@H]1n1ccnc1. The first-order valence-electron chi connectivity index (χ1n) is 5.39. The molecule has 3 rings (SSSR count). The van der Waals surface area contributed by atoms with E-state index in [-0.39, 0.29) is 17.7 Å². The number of rotatable bonds is 1. The zero-order valence-corrected chi connectivity index (χ0v) is 9.00. The minimum absolute atomic E-state index is 0.125. The van der Waals surface area contributed by atoms with Crippen molar-refractivity contribution in [2.24, 2.45) is 0 Å². The molecular weight excluding hydrogens is 200 g/mol. The minimum atomic E-state index is -0.125. The Bertz CT molecular complexity index is 531. The summed E-state index contributed by atoms with van der Waals surface area (Å²) >= 11 is 0. The van der Waals surface area contributed by atoms with Gasteiger partial charge in [-0.3, -0.25) is 4.79 Å². The highest BCUT2D eigenvalue weighted by molar-refractivity contribution is 6.04. The van der Waals surface area contributed by atoms with Gasteiger partial charge in [-0.1, -0.05) is 31.2 Å². The van der Waals surface area contributed by atoms with Gasteiger partial charge in [0.25, 0.3) is 0 Å². The maximum absolute atomic E-state index is 12.3. The van der Waals surface area contributed by atoms with Crippen molar-refractivity contribution in [3.8, 4) is 0 Å². The maximum Gasteiger partial charge on any atom is 0.186 e. The molecule has 1 aliphatic carbocycles. The Morgan fingerprint density at radius 2 is 2.12 bits per heavy atom. The van der Waals surface area contributed by atoms with E-state index in [9.17, 15) is 4.79 Å². The fraction of sp³-hybridized carbons (Fsp3) is 0.231. The Morgan fingerprint density at radius 3 is 2.81 bits per heavy atom. The van der Waals surface area contributed by atoms with Gasteiger partial charge in [-0.2, -0.15) is 0 Å². The first-order valence-corrected chi connectivity index (χ1v) is 5.39. The summed E-state index contributed by atoms with van der Waals surface area (Å²) in [6, 6.07) is 7.72. The molecule has 1 heterocycles. The molecule has 0 radical (unpaired) electrons. The van der Waals surface area contributed by atoms with Gasteiger partial charge in [-0.15, -0.1) is 0 Å². The maximum atomic E-state index is 12.3. The summed E-state index contributed by atoms with van der Waals surface area (Å²) in [7, 11) is 0. The molecule has 0 unspecified atom stereocenters. The zero-order valence-electron chi connectivity index (χ0n) is 9.00. The monoisotopic (exact) mass is 212 g/mol. The third-order valence-corrected chi connectivity index (χ3v) is 3.31. The smallest absolute Gasteiger partial charge is 0.186 e. The fourth-order valence-electron chi connectivity index (χ4n) is 2.50. The number of benzene rings is 1. The van der Waals surface area contributed by atoms with E-state index in [1.54, 1.807) is 12.5 Å². The van der Waals surface area contributed by atoms with Crippen molar-refractivity contribution >= 4 is 5.78 Å². The summed E-state index contributed by atoms with van der Waals surface area (Å²) in [6.45, 7) is 2.09. The largest absolute Gasteiger partial charge is 0.326 e. The first kappa shape index (κ1) is 9.33. The van der Waals surface area contributed by atoms with Crippen molar-refractivity contribution < 1.29 is 4.79 Å². The molecule has 0 N–H and O–H groups in total. The molecule has 0 spiro atoms. The van der Waals surface area contributed by atoms with E-state index in [4.69, 9.17) is 0 Å². The molecule has 0 aliphatic heterocycles. The Morgan fingerprint density at radius 1 is 1.31 bits per heavy atom. The summed E-state index contributed by atoms with van der Waals surface area (Å²) in [5.41, 5.74) is 2.00. The second-order valence-electron chi connectivity index (χ2n) is 4.19. The van der Waals surface area contributed by atoms with Crippen LogP contribution in [0, 0.1) is 0 Å². The molecule has 1 aromatic carbocycles. The average molecular weight is 212 g/mol. The molecule has 1 aliphatic rings. The molecule has 0 fully saturated rings. The van der Waals surface area contributed by atoms with Crippen LogP contribution in [0.15, 0.2) is 43.0 Å². The first-order chi connectivity index (χ1) is 7.79. The number of ketones is 1. The van der Waals surface area contributed by atoms with Crippen LogP contribution in [0.2, 0.25) is 0 Å². The van der Waals surface area contributed by atoms with Gasteiger partial charge in [0.05, 0.1) is 6.33 Å². The van der Waals surface area contributed by atoms with E-state index < -0.39 is 0 Å². The fourth-order valence-corrected chi connectivity index (χ4v) is 2.50. The van der Waals surface area contributed by atoms with Gasteiger partial charge in [0.15, 0.2) is 5.78 Å². The molecule has 1 aromatic heterocycles. The predicted molar refractivity (Wildman–Crippen MR) is 60.5 cm³/mol. The highest BCUT2D eigenvalue weighted by Crippen LogP contribution is 2.40. The van der Waals surface area contributed by atoms with Crippen LogP contribution < -0.4 is 0 Å². The van der Waals surface area contributed by atoms with Crippen molar-refractivity contribution in [2.75, 3.05) is 0 Å². The molecule has 3 nitrogen and oxygen atoms in total. The van der Waals surface area contributed by atoms with Crippen LogP contribution in [-0.2, 0) is 0 Å². The van der Waals surface area contributed by atoms with Crippen LogP contribution in [0.3, 0.4) is 0 Å². The molecule has 80 valence electrons. The molecule has 0 amide bonds. The van der Waals surface area contributed by atoms with E-state index in [1.807, 2.05) is 35.0 Å². The number of carbonyl (C=O) groups is 1. The molecular formula is C13H12N2O. The van der Waals surface area contributed by atoms with Gasteiger partial charge < -0.3 is 4.57 Å². The van der Waals surface area contributed by atoms with Crippen LogP contribution in [0.5, 0.6) is 0 Å². The van der Waals surface area contributed by atoms with Gasteiger partial charge in [0.1, 0.15) is 6.04 Å². The molecule has 0 saturated carbocycles. The van der Waals surface area contributed by atoms with Crippen molar-refractivity contribution in [1.29, 1.82) is 0 Å². The molecule has 2 aromatic rings. The quantitative estimate of drug-likeness (QED) is 0.727. The van der Waals surface area contributed by atoms with Crippen molar-refractivity contribution in [3.63, 3.8) is 0 Å². The predicted octanol–water partition coefficient (Wildman–Crippen LogP) is 2.42. The number of hydrogen-bond acceptors (Lipinski definition) is 2. The lowest BCUT2D eigenvalue weighted by Gasteiger charge is -2.15. The van der Waals surface area contributed by atoms with Crippen LogP contribution in [0.1, 0.15) is 34.8 Å². The lowest BCUT2D eigenvalue weighted by molar-refractivity contribution is 0.0931. The number of imidazole rings is 1. The number of nitrogens with zero attached hydrogens (tertiary/aromatic N) is 2. The van der Waals surface area contributed by atoms with Crippen LogP contribution >= 0.6 is 0 Å². The second kappa shape index (κ2) is 3.30. The Hall–Kier alpha value is -1.90. The Labute approximate surface area is 93.7 Å². The third kappa shape index (κ3) is 1.14. The van der Waals surface area contributed by atoms with Crippen LogP contribution in [0.25, 0.3) is 0 Å². The van der Waals surface area contributed by atoms with Gasteiger partial charge in [0, 0.05) is 23.9 Å². The normalized spacial score (nSPS) is 23.4.